The maximum atomic E-state index is 3.86. The molecule has 1 aliphatic carbocycles. The number of fused-ring (bicyclic) bond motifs is 1. The Labute approximate surface area is 119 Å². The first kappa shape index (κ1) is 13.0. The summed E-state index contributed by atoms with van der Waals surface area (Å²) in [4.78, 5) is 0. The maximum absolute atomic E-state index is 3.86. The van der Waals surface area contributed by atoms with Crippen molar-refractivity contribution < 1.29 is 0 Å². The summed E-state index contributed by atoms with van der Waals surface area (Å²) in [5, 5.41) is 6.88. The van der Waals surface area contributed by atoms with Crippen molar-refractivity contribution in [3.63, 3.8) is 0 Å². The molecule has 1 aromatic heterocycles. The molecule has 0 radical (unpaired) electrons. The van der Waals surface area contributed by atoms with Gasteiger partial charge < -0.3 is 5.32 Å². The molecule has 18 heavy (non-hydrogen) atoms. The van der Waals surface area contributed by atoms with Crippen molar-refractivity contribution >= 4 is 23.1 Å². The number of nitrogens with one attached hydrogen (secondary N) is 1. The average molecular weight is 281 g/mol. The van der Waals surface area contributed by atoms with Gasteiger partial charge in [-0.3, -0.25) is 0 Å². The summed E-state index contributed by atoms with van der Waals surface area (Å²) in [5.41, 5.74) is 1.57. The van der Waals surface area contributed by atoms with E-state index in [9.17, 15) is 0 Å². The van der Waals surface area contributed by atoms with Gasteiger partial charge in [0.1, 0.15) is 0 Å². The minimum Gasteiger partial charge on any atom is -0.310 e. The Hall–Kier alpha value is 0.01000. The van der Waals surface area contributed by atoms with E-state index in [0.29, 0.717) is 6.04 Å². The lowest BCUT2D eigenvalue weighted by molar-refractivity contribution is 0.322. The quantitative estimate of drug-likeness (QED) is 0.850. The monoisotopic (exact) mass is 281 g/mol. The van der Waals surface area contributed by atoms with Crippen LogP contribution in [0.15, 0.2) is 15.7 Å². The van der Waals surface area contributed by atoms with Crippen LogP contribution in [0.2, 0.25) is 0 Å². The summed E-state index contributed by atoms with van der Waals surface area (Å²) < 4.78 is 1.55. The van der Waals surface area contributed by atoms with E-state index in [0.717, 1.165) is 11.2 Å². The summed E-state index contributed by atoms with van der Waals surface area (Å²) in [6, 6.07) is 2.95. The van der Waals surface area contributed by atoms with E-state index >= 15 is 0 Å². The van der Waals surface area contributed by atoms with Crippen molar-refractivity contribution in [3.8, 4) is 0 Å². The zero-order valence-electron chi connectivity index (χ0n) is 11.2. The highest BCUT2D eigenvalue weighted by Gasteiger charge is 2.26. The van der Waals surface area contributed by atoms with Gasteiger partial charge in [-0.2, -0.15) is 0 Å². The van der Waals surface area contributed by atoms with Gasteiger partial charge in [0.05, 0.1) is 4.21 Å². The Morgan fingerprint density at radius 3 is 2.94 bits per heavy atom. The second kappa shape index (κ2) is 5.98. The lowest BCUT2D eigenvalue weighted by atomic mass is 9.89. The standard InChI is InChI=1S/C15H23NS2/c1-11-9-14(13-7-8-17-15(13)18-11)16-10-12-5-3-2-4-6-12/h7-8,11-12,14,16H,2-6,9-10H2,1H3/t11-,14?/m0/s1. The first-order chi connectivity index (χ1) is 8.83. The predicted molar refractivity (Wildman–Crippen MR) is 81.6 cm³/mol. The maximum Gasteiger partial charge on any atom is 0.0649 e. The molecule has 0 spiro atoms. The van der Waals surface area contributed by atoms with Crippen LogP contribution < -0.4 is 5.32 Å². The van der Waals surface area contributed by atoms with Crippen LogP contribution in [0.25, 0.3) is 0 Å². The van der Waals surface area contributed by atoms with E-state index in [1.165, 1.54) is 45.1 Å². The highest BCUT2D eigenvalue weighted by molar-refractivity contribution is 8.01. The minimum atomic E-state index is 0.615. The molecule has 3 rings (SSSR count). The van der Waals surface area contributed by atoms with Crippen molar-refractivity contribution in [2.75, 3.05) is 6.54 Å². The SMILES string of the molecule is C[C@H]1CC(NCC2CCCCC2)c2ccsc2S1. The van der Waals surface area contributed by atoms with E-state index in [-0.39, 0.29) is 0 Å². The average Bonchev–Trinajstić information content (AvgIpc) is 2.85. The number of rotatable bonds is 3. The number of hydrogen-bond donors (Lipinski definition) is 1. The molecule has 2 heterocycles. The molecular weight excluding hydrogens is 258 g/mol. The number of thioether (sulfide) groups is 1. The molecular formula is C15H23NS2. The molecule has 0 aromatic carbocycles. The fourth-order valence-corrected chi connectivity index (χ4v) is 5.81. The highest BCUT2D eigenvalue weighted by Crippen LogP contribution is 2.43. The van der Waals surface area contributed by atoms with Crippen molar-refractivity contribution in [1.29, 1.82) is 0 Å². The van der Waals surface area contributed by atoms with E-state index < -0.39 is 0 Å². The smallest absolute Gasteiger partial charge is 0.0649 e. The van der Waals surface area contributed by atoms with E-state index in [2.05, 4.69) is 35.4 Å². The third-order valence-corrected chi connectivity index (χ3v) is 6.63. The molecule has 1 N–H and O–H groups in total. The molecule has 3 heteroatoms. The molecule has 1 fully saturated rings. The number of thiophene rings is 1. The zero-order chi connectivity index (χ0) is 12.4. The normalized spacial score (nSPS) is 29.2. The van der Waals surface area contributed by atoms with Crippen LogP contribution in [-0.2, 0) is 0 Å². The van der Waals surface area contributed by atoms with Crippen LogP contribution in [0.1, 0.15) is 57.1 Å². The van der Waals surface area contributed by atoms with Crippen LogP contribution in [0.3, 0.4) is 0 Å². The summed E-state index contributed by atoms with van der Waals surface area (Å²) in [5.74, 6) is 0.936. The van der Waals surface area contributed by atoms with Gasteiger partial charge in [-0.25, -0.2) is 0 Å². The fraction of sp³-hybridized carbons (Fsp3) is 0.733. The molecule has 1 nitrogen and oxygen atoms in total. The first-order valence-corrected chi connectivity index (χ1v) is 9.06. The van der Waals surface area contributed by atoms with Crippen molar-refractivity contribution in [2.45, 2.75) is 60.9 Å². The Kier molecular flexibility index (Phi) is 4.32. The fourth-order valence-electron chi connectivity index (χ4n) is 3.24. The second-order valence-electron chi connectivity index (χ2n) is 5.79. The van der Waals surface area contributed by atoms with Crippen molar-refractivity contribution in [1.82, 2.24) is 5.32 Å². The Morgan fingerprint density at radius 2 is 2.11 bits per heavy atom. The van der Waals surface area contributed by atoms with Crippen LogP contribution in [0.5, 0.6) is 0 Å². The highest BCUT2D eigenvalue weighted by atomic mass is 32.2. The predicted octanol–water partition coefficient (Wildman–Crippen LogP) is 4.84. The van der Waals surface area contributed by atoms with E-state index in [1.807, 2.05) is 11.3 Å². The molecule has 0 amide bonds. The zero-order valence-corrected chi connectivity index (χ0v) is 12.8. The molecule has 2 aliphatic rings. The molecule has 1 unspecified atom stereocenters. The molecule has 2 atom stereocenters. The summed E-state index contributed by atoms with van der Waals surface area (Å²) >= 11 is 3.98. The van der Waals surface area contributed by atoms with Crippen molar-refractivity contribution in [2.24, 2.45) is 5.92 Å². The molecule has 1 saturated carbocycles. The Morgan fingerprint density at radius 1 is 1.28 bits per heavy atom. The topological polar surface area (TPSA) is 12.0 Å². The van der Waals surface area contributed by atoms with Crippen LogP contribution in [-0.4, -0.2) is 11.8 Å². The lowest BCUT2D eigenvalue weighted by Gasteiger charge is -2.30. The minimum absolute atomic E-state index is 0.615. The Balaban J connectivity index is 1.59. The van der Waals surface area contributed by atoms with Gasteiger partial charge in [-0.1, -0.05) is 26.2 Å². The lowest BCUT2D eigenvalue weighted by Crippen LogP contribution is -2.31. The number of hydrogen-bond acceptors (Lipinski definition) is 3. The molecule has 0 bridgehead atoms. The van der Waals surface area contributed by atoms with Gasteiger partial charge in [0.2, 0.25) is 0 Å². The van der Waals surface area contributed by atoms with E-state index in [4.69, 9.17) is 0 Å². The molecule has 0 saturated heterocycles. The largest absolute Gasteiger partial charge is 0.310 e. The van der Waals surface area contributed by atoms with Gasteiger partial charge in [-0.15, -0.1) is 23.1 Å². The summed E-state index contributed by atoms with van der Waals surface area (Å²) in [6.45, 7) is 3.60. The van der Waals surface area contributed by atoms with Gasteiger partial charge >= 0.3 is 0 Å². The van der Waals surface area contributed by atoms with Gasteiger partial charge in [0.15, 0.2) is 0 Å². The van der Waals surface area contributed by atoms with Crippen LogP contribution >= 0.6 is 23.1 Å². The van der Waals surface area contributed by atoms with Gasteiger partial charge in [-0.05, 0) is 48.7 Å². The second-order valence-corrected chi connectivity index (χ2v) is 8.42. The Bertz CT molecular complexity index is 382. The molecule has 1 aromatic rings. The third-order valence-electron chi connectivity index (χ3n) is 4.29. The molecule has 1 aliphatic heterocycles. The van der Waals surface area contributed by atoms with Gasteiger partial charge in [0, 0.05) is 11.3 Å². The third kappa shape index (κ3) is 2.94. The molecule has 100 valence electrons. The summed E-state index contributed by atoms with van der Waals surface area (Å²) in [7, 11) is 0. The van der Waals surface area contributed by atoms with E-state index in [1.54, 1.807) is 9.77 Å². The van der Waals surface area contributed by atoms with Crippen LogP contribution in [0.4, 0.5) is 0 Å². The van der Waals surface area contributed by atoms with Crippen molar-refractivity contribution in [3.05, 3.63) is 17.0 Å². The van der Waals surface area contributed by atoms with Gasteiger partial charge in [0.25, 0.3) is 0 Å². The summed E-state index contributed by atoms with van der Waals surface area (Å²) in [6.07, 6.45) is 8.55. The van der Waals surface area contributed by atoms with Crippen LogP contribution in [0, 0.1) is 5.92 Å². The first-order valence-electron chi connectivity index (χ1n) is 7.30.